The maximum atomic E-state index is 11.7. The smallest absolute Gasteiger partial charge is 0.338 e. The van der Waals surface area contributed by atoms with E-state index in [1.807, 2.05) is 20.8 Å². The molecule has 0 saturated heterocycles. The summed E-state index contributed by atoms with van der Waals surface area (Å²) in [6.07, 6.45) is 0. The topological polar surface area (TPSA) is 52.3 Å². The average molecular weight is 237 g/mol. The van der Waals surface area contributed by atoms with Gasteiger partial charge in [0.2, 0.25) is 0 Å². The predicted molar refractivity (Wildman–Crippen MR) is 67.5 cm³/mol. The monoisotopic (exact) mass is 237 g/mol. The highest BCUT2D eigenvalue weighted by atomic mass is 32.1. The fourth-order valence-electron chi connectivity index (χ4n) is 1.14. The highest BCUT2D eigenvalue weighted by Crippen LogP contribution is 2.13. The Kier molecular flexibility index (Phi) is 3.65. The third kappa shape index (κ3) is 3.62. The van der Waals surface area contributed by atoms with E-state index in [1.165, 1.54) is 0 Å². The molecule has 16 heavy (non-hydrogen) atoms. The molecular formula is C12H15NO2S. The zero-order valence-electron chi connectivity index (χ0n) is 9.61. The molecule has 86 valence electrons. The minimum Gasteiger partial charge on any atom is -0.456 e. The first-order valence-corrected chi connectivity index (χ1v) is 5.33. The average Bonchev–Trinajstić information content (AvgIpc) is 2.15. The summed E-state index contributed by atoms with van der Waals surface area (Å²) in [6.45, 7) is 5.47. The lowest BCUT2D eigenvalue weighted by Crippen LogP contribution is -2.24. The molecule has 1 aromatic rings. The summed E-state index contributed by atoms with van der Waals surface area (Å²) in [7, 11) is 0. The molecule has 0 heterocycles. The number of esters is 1. The molecular weight excluding hydrogens is 222 g/mol. The Labute approximate surface area is 101 Å². The fourth-order valence-corrected chi connectivity index (χ4v) is 1.26. The first-order chi connectivity index (χ1) is 7.29. The van der Waals surface area contributed by atoms with E-state index in [0.29, 0.717) is 11.1 Å². The van der Waals surface area contributed by atoms with E-state index in [9.17, 15) is 4.79 Å². The SMILES string of the molecule is CC(C)(C)OC(=O)c1cccc(C(N)=S)c1. The van der Waals surface area contributed by atoms with Crippen molar-refractivity contribution in [2.75, 3.05) is 0 Å². The van der Waals surface area contributed by atoms with Crippen LogP contribution in [0.1, 0.15) is 36.7 Å². The Morgan fingerprint density at radius 3 is 2.38 bits per heavy atom. The molecule has 0 fully saturated rings. The van der Waals surface area contributed by atoms with Crippen molar-refractivity contribution < 1.29 is 9.53 Å². The minimum absolute atomic E-state index is 0.269. The Morgan fingerprint density at radius 2 is 1.88 bits per heavy atom. The van der Waals surface area contributed by atoms with Gasteiger partial charge in [0.1, 0.15) is 10.6 Å². The Morgan fingerprint density at radius 1 is 1.31 bits per heavy atom. The number of thiocarbonyl (C=S) groups is 1. The predicted octanol–water partition coefficient (Wildman–Crippen LogP) is 2.28. The molecule has 0 spiro atoms. The number of nitrogens with two attached hydrogens (primary N) is 1. The third-order valence-corrected chi connectivity index (χ3v) is 2.02. The molecule has 2 N–H and O–H groups in total. The van der Waals surface area contributed by atoms with E-state index in [4.69, 9.17) is 22.7 Å². The van der Waals surface area contributed by atoms with Crippen LogP contribution in [0.25, 0.3) is 0 Å². The van der Waals surface area contributed by atoms with Crippen LogP contribution in [-0.4, -0.2) is 16.6 Å². The molecule has 1 aromatic carbocycles. The van der Waals surface area contributed by atoms with E-state index < -0.39 is 5.60 Å². The van der Waals surface area contributed by atoms with Gasteiger partial charge in [-0.25, -0.2) is 4.79 Å². The van der Waals surface area contributed by atoms with Gasteiger partial charge in [-0.2, -0.15) is 0 Å². The van der Waals surface area contributed by atoms with Crippen molar-refractivity contribution >= 4 is 23.2 Å². The van der Waals surface area contributed by atoms with E-state index in [2.05, 4.69) is 0 Å². The van der Waals surface area contributed by atoms with Crippen LogP contribution in [0.4, 0.5) is 0 Å². The van der Waals surface area contributed by atoms with Crippen molar-refractivity contribution in [3.63, 3.8) is 0 Å². The third-order valence-electron chi connectivity index (χ3n) is 1.78. The largest absolute Gasteiger partial charge is 0.456 e. The summed E-state index contributed by atoms with van der Waals surface area (Å²) >= 11 is 4.84. The van der Waals surface area contributed by atoms with Crippen LogP contribution in [0.5, 0.6) is 0 Å². The van der Waals surface area contributed by atoms with Gasteiger partial charge in [-0.3, -0.25) is 0 Å². The molecule has 0 bridgehead atoms. The summed E-state index contributed by atoms with van der Waals surface area (Å²) in [5.41, 5.74) is 6.11. The van der Waals surface area contributed by atoms with Crippen LogP contribution in [0.15, 0.2) is 24.3 Å². The molecule has 1 rings (SSSR count). The molecule has 4 heteroatoms. The van der Waals surface area contributed by atoms with Crippen molar-refractivity contribution in [1.82, 2.24) is 0 Å². The van der Waals surface area contributed by atoms with Crippen LogP contribution in [0, 0.1) is 0 Å². The van der Waals surface area contributed by atoms with Crippen LogP contribution in [0.2, 0.25) is 0 Å². The van der Waals surface area contributed by atoms with E-state index in [-0.39, 0.29) is 11.0 Å². The van der Waals surface area contributed by atoms with Gasteiger partial charge in [0, 0.05) is 5.56 Å². The number of ether oxygens (including phenoxy) is 1. The maximum Gasteiger partial charge on any atom is 0.338 e. The normalized spacial score (nSPS) is 10.9. The first-order valence-electron chi connectivity index (χ1n) is 4.93. The quantitative estimate of drug-likeness (QED) is 0.633. The summed E-state index contributed by atoms with van der Waals surface area (Å²) in [5, 5.41) is 0. The Bertz CT molecular complexity index is 421. The molecule has 0 aliphatic carbocycles. The fraction of sp³-hybridized carbons (Fsp3) is 0.333. The molecule has 0 unspecified atom stereocenters. The van der Waals surface area contributed by atoms with Crippen LogP contribution in [-0.2, 0) is 4.74 Å². The number of carbonyl (C=O) groups excluding carboxylic acids is 1. The molecule has 0 aromatic heterocycles. The highest BCUT2D eigenvalue weighted by Gasteiger charge is 2.17. The standard InChI is InChI=1S/C12H15NO2S/c1-12(2,3)15-11(14)9-6-4-5-8(7-9)10(13)16/h4-7H,1-3H3,(H2,13,16). The van der Waals surface area contributed by atoms with Crippen LogP contribution in [0.3, 0.4) is 0 Å². The first kappa shape index (κ1) is 12.6. The highest BCUT2D eigenvalue weighted by molar-refractivity contribution is 7.80. The van der Waals surface area contributed by atoms with Gasteiger partial charge in [0.25, 0.3) is 0 Å². The lowest BCUT2D eigenvalue weighted by molar-refractivity contribution is 0.00695. The molecule has 0 radical (unpaired) electrons. The summed E-state index contributed by atoms with van der Waals surface area (Å²) in [6, 6.07) is 6.80. The van der Waals surface area contributed by atoms with Gasteiger partial charge < -0.3 is 10.5 Å². The second-order valence-electron chi connectivity index (χ2n) is 4.45. The number of carbonyl (C=O) groups is 1. The molecule has 0 atom stereocenters. The van der Waals surface area contributed by atoms with E-state index in [0.717, 1.165) is 0 Å². The lowest BCUT2D eigenvalue weighted by atomic mass is 10.1. The molecule has 0 saturated carbocycles. The maximum absolute atomic E-state index is 11.7. The van der Waals surface area contributed by atoms with Crippen LogP contribution >= 0.6 is 12.2 Å². The Hall–Kier alpha value is -1.42. The molecule has 0 aliphatic heterocycles. The number of benzene rings is 1. The van der Waals surface area contributed by atoms with Gasteiger partial charge in [-0.05, 0) is 32.9 Å². The summed E-state index contributed by atoms with van der Waals surface area (Å²) < 4.78 is 5.24. The number of hydrogen-bond donors (Lipinski definition) is 1. The number of rotatable bonds is 2. The molecule has 0 amide bonds. The van der Waals surface area contributed by atoms with Gasteiger partial charge in [-0.15, -0.1) is 0 Å². The second-order valence-corrected chi connectivity index (χ2v) is 4.89. The second kappa shape index (κ2) is 4.61. The van der Waals surface area contributed by atoms with Gasteiger partial charge >= 0.3 is 5.97 Å². The van der Waals surface area contributed by atoms with Gasteiger partial charge in [0.05, 0.1) is 5.56 Å². The van der Waals surface area contributed by atoms with E-state index in [1.54, 1.807) is 24.3 Å². The van der Waals surface area contributed by atoms with E-state index >= 15 is 0 Å². The number of hydrogen-bond acceptors (Lipinski definition) is 3. The van der Waals surface area contributed by atoms with Crippen molar-refractivity contribution in [2.24, 2.45) is 5.73 Å². The summed E-state index contributed by atoms with van der Waals surface area (Å²) in [5.74, 6) is -0.370. The molecule has 0 aliphatic rings. The zero-order valence-corrected chi connectivity index (χ0v) is 10.4. The van der Waals surface area contributed by atoms with Gasteiger partial charge in [-0.1, -0.05) is 24.4 Å². The van der Waals surface area contributed by atoms with Crippen molar-refractivity contribution in [1.29, 1.82) is 0 Å². The van der Waals surface area contributed by atoms with Gasteiger partial charge in [0.15, 0.2) is 0 Å². The summed E-state index contributed by atoms with van der Waals surface area (Å²) in [4.78, 5) is 12.0. The lowest BCUT2D eigenvalue weighted by Gasteiger charge is -2.19. The van der Waals surface area contributed by atoms with Crippen molar-refractivity contribution in [3.8, 4) is 0 Å². The Balaban J connectivity index is 2.92. The van der Waals surface area contributed by atoms with Crippen LogP contribution < -0.4 is 5.73 Å². The molecule has 3 nitrogen and oxygen atoms in total. The van der Waals surface area contributed by atoms with Crippen molar-refractivity contribution in [2.45, 2.75) is 26.4 Å². The minimum atomic E-state index is -0.504. The zero-order chi connectivity index (χ0) is 12.3. The van der Waals surface area contributed by atoms with Crippen molar-refractivity contribution in [3.05, 3.63) is 35.4 Å².